The zero-order valence-corrected chi connectivity index (χ0v) is 15.6. The lowest BCUT2D eigenvalue weighted by atomic mass is 9.92. The van der Waals surface area contributed by atoms with Crippen molar-refractivity contribution in [2.24, 2.45) is 11.8 Å². The van der Waals surface area contributed by atoms with Crippen LogP contribution in [0.4, 0.5) is 0 Å². The fourth-order valence-electron chi connectivity index (χ4n) is 3.89. The van der Waals surface area contributed by atoms with Gasteiger partial charge in [-0.15, -0.1) is 11.3 Å². The van der Waals surface area contributed by atoms with E-state index in [1.54, 1.807) is 11.3 Å². The molecule has 1 aliphatic rings. The van der Waals surface area contributed by atoms with Crippen LogP contribution in [0.2, 0.25) is 0 Å². The van der Waals surface area contributed by atoms with Gasteiger partial charge >= 0.3 is 0 Å². The molecule has 2 aromatic rings. The first-order valence-corrected chi connectivity index (χ1v) is 9.98. The van der Waals surface area contributed by atoms with E-state index in [1.165, 1.54) is 24.2 Å². The molecule has 0 saturated carbocycles. The summed E-state index contributed by atoms with van der Waals surface area (Å²) in [6.45, 7) is 9.10. The van der Waals surface area contributed by atoms with Crippen molar-refractivity contribution in [3.8, 4) is 0 Å². The van der Waals surface area contributed by atoms with E-state index in [9.17, 15) is 4.79 Å². The third-order valence-corrected chi connectivity index (χ3v) is 5.82. The smallest absolute Gasteiger partial charge is 0.252 e. The van der Waals surface area contributed by atoms with Gasteiger partial charge in [-0.25, -0.2) is 0 Å². The second-order valence-corrected chi connectivity index (χ2v) is 8.23. The molecule has 4 heteroatoms. The summed E-state index contributed by atoms with van der Waals surface area (Å²) in [5, 5.41) is 6.12. The maximum Gasteiger partial charge on any atom is 0.252 e. The molecule has 24 heavy (non-hydrogen) atoms. The molecule has 1 saturated heterocycles. The molecule has 1 aliphatic heterocycles. The van der Waals surface area contributed by atoms with Crippen LogP contribution in [0, 0.1) is 11.8 Å². The van der Waals surface area contributed by atoms with E-state index in [4.69, 9.17) is 0 Å². The zero-order chi connectivity index (χ0) is 16.9. The van der Waals surface area contributed by atoms with Crippen molar-refractivity contribution < 1.29 is 4.79 Å². The van der Waals surface area contributed by atoms with Crippen LogP contribution >= 0.6 is 11.3 Å². The number of fused-ring (bicyclic) bond motifs is 1. The average Bonchev–Trinajstić information content (AvgIpc) is 2.97. The summed E-state index contributed by atoms with van der Waals surface area (Å²) < 4.78 is 1.18. The molecular weight excluding hydrogens is 316 g/mol. The van der Waals surface area contributed by atoms with Crippen molar-refractivity contribution in [1.29, 1.82) is 0 Å². The van der Waals surface area contributed by atoms with Gasteiger partial charge in [-0.3, -0.25) is 4.79 Å². The van der Waals surface area contributed by atoms with Gasteiger partial charge in [0, 0.05) is 35.1 Å². The van der Waals surface area contributed by atoms with Crippen LogP contribution in [-0.2, 0) is 0 Å². The van der Waals surface area contributed by atoms with Gasteiger partial charge in [-0.1, -0.05) is 32.0 Å². The molecule has 3 rings (SSSR count). The summed E-state index contributed by atoms with van der Waals surface area (Å²) in [6.07, 6.45) is 3.57. The molecule has 1 amide bonds. The highest BCUT2D eigenvalue weighted by molar-refractivity contribution is 7.17. The molecule has 2 heterocycles. The Labute approximate surface area is 149 Å². The summed E-state index contributed by atoms with van der Waals surface area (Å²) in [5.41, 5.74) is 0.814. The SMILES string of the molecule is CC1CC(C)CN(CCCCNC(=O)c2csc3ccccc23)C1. The first-order chi connectivity index (χ1) is 11.6. The molecule has 130 valence electrons. The summed E-state index contributed by atoms with van der Waals surface area (Å²) in [4.78, 5) is 14.9. The predicted octanol–water partition coefficient (Wildman–Crippen LogP) is 4.39. The van der Waals surface area contributed by atoms with Gasteiger partial charge in [-0.2, -0.15) is 0 Å². The minimum absolute atomic E-state index is 0.0627. The van der Waals surface area contributed by atoms with Crippen LogP contribution in [0.25, 0.3) is 10.1 Å². The van der Waals surface area contributed by atoms with Gasteiger partial charge in [0.05, 0.1) is 5.56 Å². The highest BCUT2D eigenvalue weighted by atomic mass is 32.1. The van der Waals surface area contributed by atoms with Crippen molar-refractivity contribution >= 4 is 27.3 Å². The molecule has 2 unspecified atom stereocenters. The van der Waals surface area contributed by atoms with Crippen molar-refractivity contribution in [1.82, 2.24) is 10.2 Å². The number of rotatable bonds is 6. The van der Waals surface area contributed by atoms with Crippen molar-refractivity contribution in [3.63, 3.8) is 0 Å². The molecule has 1 aromatic heterocycles. The van der Waals surface area contributed by atoms with E-state index in [2.05, 4.69) is 30.1 Å². The van der Waals surface area contributed by atoms with E-state index in [1.807, 2.05) is 23.6 Å². The Balaban J connectivity index is 1.40. The van der Waals surface area contributed by atoms with Gasteiger partial charge in [0.25, 0.3) is 5.91 Å². The van der Waals surface area contributed by atoms with Gasteiger partial charge in [0.2, 0.25) is 0 Å². The van der Waals surface area contributed by atoms with Crippen molar-refractivity contribution in [3.05, 3.63) is 35.2 Å². The third-order valence-electron chi connectivity index (χ3n) is 4.86. The molecule has 3 nitrogen and oxygen atoms in total. The van der Waals surface area contributed by atoms with Crippen molar-refractivity contribution in [2.75, 3.05) is 26.2 Å². The minimum atomic E-state index is 0.0627. The highest BCUT2D eigenvalue weighted by Crippen LogP contribution is 2.25. The topological polar surface area (TPSA) is 32.3 Å². The molecule has 1 fully saturated rings. The van der Waals surface area contributed by atoms with Gasteiger partial charge in [-0.05, 0) is 43.7 Å². The lowest BCUT2D eigenvalue weighted by Gasteiger charge is -2.34. The fraction of sp³-hybridized carbons (Fsp3) is 0.550. The highest BCUT2D eigenvalue weighted by Gasteiger charge is 2.21. The van der Waals surface area contributed by atoms with Gasteiger partial charge in [0.1, 0.15) is 0 Å². The molecule has 0 aliphatic carbocycles. The zero-order valence-electron chi connectivity index (χ0n) is 14.8. The number of amides is 1. The Hall–Kier alpha value is -1.39. The molecular formula is C20H28N2OS. The largest absolute Gasteiger partial charge is 0.352 e. The summed E-state index contributed by atoms with van der Waals surface area (Å²) in [5.74, 6) is 1.70. The Morgan fingerprint density at radius 2 is 1.96 bits per heavy atom. The summed E-state index contributed by atoms with van der Waals surface area (Å²) in [6, 6.07) is 8.10. The van der Waals surface area contributed by atoms with E-state index in [-0.39, 0.29) is 5.91 Å². The van der Waals surface area contributed by atoms with Gasteiger partial charge in [0.15, 0.2) is 0 Å². The van der Waals surface area contributed by atoms with Crippen LogP contribution in [0.3, 0.4) is 0 Å². The first kappa shape index (κ1) is 17.4. The average molecular weight is 345 g/mol. The van der Waals surface area contributed by atoms with Crippen LogP contribution in [0.5, 0.6) is 0 Å². The standard InChI is InChI=1S/C20H28N2OS/c1-15-11-16(2)13-22(12-15)10-6-5-9-21-20(23)18-14-24-19-8-4-3-7-17(18)19/h3-4,7-8,14-16H,5-6,9-13H2,1-2H3,(H,21,23). The fourth-order valence-corrected chi connectivity index (χ4v) is 4.83. The van der Waals surface area contributed by atoms with Crippen molar-refractivity contribution in [2.45, 2.75) is 33.1 Å². The van der Waals surface area contributed by atoms with E-state index in [0.717, 1.165) is 48.7 Å². The normalized spacial score (nSPS) is 21.9. The Kier molecular flexibility index (Phi) is 5.90. The molecule has 1 N–H and O–H groups in total. The van der Waals surface area contributed by atoms with Crippen LogP contribution < -0.4 is 5.32 Å². The second kappa shape index (κ2) is 8.13. The number of piperidine rings is 1. The van der Waals surface area contributed by atoms with E-state index >= 15 is 0 Å². The monoisotopic (exact) mass is 344 g/mol. The van der Waals surface area contributed by atoms with Crippen LogP contribution in [0.15, 0.2) is 29.6 Å². The Morgan fingerprint density at radius 3 is 2.75 bits per heavy atom. The van der Waals surface area contributed by atoms with E-state index in [0.29, 0.717) is 0 Å². The number of likely N-dealkylation sites (tertiary alicyclic amines) is 1. The molecule has 1 aromatic carbocycles. The third kappa shape index (κ3) is 4.37. The second-order valence-electron chi connectivity index (χ2n) is 7.31. The Bertz CT molecular complexity index is 671. The maximum atomic E-state index is 12.4. The summed E-state index contributed by atoms with van der Waals surface area (Å²) in [7, 11) is 0. The number of nitrogens with zero attached hydrogens (tertiary/aromatic N) is 1. The number of nitrogens with one attached hydrogen (secondary N) is 1. The number of benzene rings is 1. The van der Waals surface area contributed by atoms with E-state index < -0.39 is 0 Å². The number of thiophene rings is 1. The lowest BCUT2D eigenvalue weighted by Crippen LogP contribution is -2.39. The quantitative estimate of drug-likeness (QED) is 0.788. The lowest BCUT2D eigenvalue weighted by molar-refractivity contribution is 0.0953. The summed E-state index contributed by atoms with van der Waals surface area (Å²) >= 11 is 1.64. The molecule has 0 radical (unpaired) electrons. The number of carbonyl (C=O) groups is 1. The number of carbonyl (C=O) groups excluding carboxylic acids is 1. The number of unbranched alkanes of at least 4 members (excludes halogenated alkanes) is 1. The number of hydrogen-bond donors (Lipinski definition) is 1. The Morgan fingerprint density at radius 1 is 1.21 bits per heavy atom. The number of hydrogen-bond acceptors (Lipinski definition) is 3. The molecule has 0 spiro atoms. The van der Waals surface area contributed by atoms with Crippen LogP contribution in [-0.4, -0.2) is 37.0 Å². The first-order valence-electron chi connectivity index (χ1n) is 9.10. The van der Waals surface area contributed by atoms with Gasteiger partial charge < -0.3 is 10.2 Å². The molecule has 0 bridgehead atoms. The maximum absolute atomic E-state index is 12.4. The molecule has 2 atom stereocenters. The minimum Gasteiger partial charge on any atom is -0.352 e. The van der Waals surface area contributed by atoms with Crippen LogP contribution in [0.1, 0.15) is 43.5 Å². The predicted molar refractivity (Wildman–Crippen MR) is 103 cm³/mol.